The lowest BCUT2D eigenvalue weighted by molar-refractivity contribution is 0.448. The molecule has 0 aliphatic rings. The van der Waals surface area contributed by atoms with Gasteiger partial charge in [-0.2, -0.15) is 0 Å². The maximum Gasteiger partial charge on any atom is 0.195 e. The summed E-state index contributed by atoms with van der Waals surface area (Å²) in [6.07, 6.45) is 0.295. The number of fused-ring (bicyclic) bond motifs is 1. The van der Waals surface area contributed by atoms with Gasteiger partial charge in [-0.25, -0.2) is 13.2 Å². The fourth-order valence-corrected chi connectivity index (χ4v) is 2.44. The molecular weight excluding hydrogens is 275 g/mol. The molecule has 2 N–H and O–H groups in total. The highest BCUT2D eigenvalue weighted by atomic mass is 19.2. The standard InChI is InChI=1S/C15H16F3N.C2H6/c1-4-9-12-10(7(2)3)5-8(19)6-11(12)14(17)15(18)13(9)16;1-2/h5-7H,4,19H2,1-3H3;1-2H3. The molecule has 0 unspecified atom stereocenters. The van der Waals surface area contributed by atoms with E-state index >= 15 is 0 Å². The first-order chi connectivity index (χ1) is 9.88. The average molecular weight is 297 g/mol. The first-order valence-corrected chi connectivity index (χ1v) is 7.26. The van der Waals surface area contributed by atoms with Gasteiger partial charge in [0.05, 0.1) is 0 Å². The van der Waals surface area contributed by atoms with E-state index in [0.717, 1.165) is 5.56 Å². The molecule has 0 spiro atoms. The molecule has 116 valence electrons. The predicted octanol–water partition coefficient (Wildman–Crippen LogP) is 5.55. The Balaban J connectivity index is 0.00000106. The molecule has 1 nitrogen and oxygen atoms in total. The minimum Gasteiger partial charge on any atom is -0.399 e. The molecule has 0 radical (unpaired) electrons. The monoisotopic (exact) mass is 297 g/mol. The quantitative estimate of drug-likeness (QED) is 0.570. The first-order valence-electron chi connectivity index (χ1n) is 7.26. The van der Waals surface area contributed by atoms with Crippen LogP contribution in [-0.4, -0.2) is 0 Å². The number of rotatable bonds is 2. The number of nitrogens with two attached hydrogens (primary N) is 1. The van der Waals surface area contributed by atoms with Crippen molar-refractivity contribution in [2.24, 2.45) is 0 Å². The van der Waals surface area contributed by atoms with Gasteiger partial charge in [0.25, 0.3) is 0 Å². The largest absolute Gasteiger partial charge is 0.399 e. The molecule has 0 bridgehead atoms. The van der Waals surface area contributed by atoms with Gasteiger partial charge in [-0.1, -0.05) is 34.6 Å². The van der Waals surface area contributed by atoms with Crippen LogP contribution in [0.15, 0.2) is 12.1 Å². The molecule has 2 rings (SSSR count). The predicted molar refractivity (Wildman–Crippen MR) is 83.0 cm³/mol. The van der Waals surface area contributed by atoms with Gasteiger partial charge in [0.1, 0.15) is 0 Å². The zero-order chi connectivity index (χ0) is 16.3. The number of hydrogen-bond donors (Lipinski definition) is 1. The van der Waals surface area contributed by atoms with E-state index in [1.807, 2.05) is 27.7 Å². The van der Waals surface area contributed by atoms with Crippen LogP contribution in [0.2, 0.25) is 0 Å². The van der Waals surface area contributed by atoms with Crippen LogP contribution in [0.4, 0.5) is 18.9 Å². The van der Waals surface area contributed by atoms with Crippen LogP contribution in [0.3, 0.4) is 0 Å². The minimum absolute atomic E-state index is 0.0422. The molecule has 2 aromatic carbocycles. The Bertz CT molecular complexity index is 649. The molecule has 0 fully saturated rings. The second kappa shape index (κ2) is 6.83. The van der Waals surface area contributed by atoms with Crippen LogP contribution in [0.5, 0.6) is 0 Å². The van der Waals surface area contributed by atoms with Crippen molar-refractivity contribution < 1.29 is 13.2 Å². The maximum atomic E-state index is 13.9. The average Bonchev–Trinajstić information content (AvgIpc) is 2.47. The lowest BCUT2D eigenvalue weighted by Crippen LogP contribution is -2.04. The van der Waals surface area contributed by atoms with E-state index in [4.69, 9.17) is 5.73 Å². The lowest BCUT2D eigenvalue weighted by atomic mass is 9.90. The number of halogens is 3. The number of aryl methyl sites for hydroxylation is 1. The van der Waals surface area contributed by atoms with E-state index in [2.05, 4.69) is 0 Å². The van der Waals surface area contributed by atoms with Crippen LogP contribution < -0.4 is 5.73 Å². The van der Waals surface area contributed by atoms with Crippen LogP contribution in [-0.2, 0) is 6.42 Å². The summed E-state index contributed by atoms with van der Waals surface area (Å²) in [6, 6.07) is 3.06. The van der Waals surface area contributed by atoms with Crippen molar-refractivity contribution in [3.8, 4) is 0 Å². The number of benzene rings is 2. The smallest absolute Gasteiger partial charge is 0.195 e. The molecule has 0 saturated carbocycles. The summed E-state index contributed by atoms with van der Waals surface area (Å²) < 4.78 is 41.4. The minimum atomic E-state index is -1.43. The second-order valence-electron chi connectivity index (χ2n) is 4.96. The molecule has 0 saturated heterocycles. The van der Waals surface area contributed by atoms with Crippen LogP contribution in [0.1, 0.15) is 51.7 Å². The van der Waals surface area contributed by atoms with Crippen molar-refractivity contribution in [2.75, 3.05) is 5.73 Å². The molecule has 21 heavy (non-hydrogen) atoms. The molecule has 2 aromatic rings. The van der Waals surface area contributed by atoms with Gasteiger partial charge >= 0.3 is 0 Å². The van der Waals surface area contributed by atoms with Crippen molar-refractivity contribution in [2.45, 2.75) is 47.0 Å². The first kappa shape index (κ1) is 17.3. The van der Waals surface area contributed by atoms with E-state index in [1.54, 1.807) is 13.0 Å². The highest BCUT2D eigenvalue weighted by Crippen LogP contribution is 2.35. The highest BCUT2D eigenvalue weighted by molar-refractivity contribution is 5.92. The Kier molecular flexibility index (Phi) is 5.64. The van der Waals surface area contributed by atoms with E-state index in [-0.39, 0.29) is 16.9 Å². The van der Waals surface area contributed by atoms with E-state index in [1.165, 1.54) is 6.07 Å². The normalized spacial score (nSPS) is 10.7. The third-order valence-electron chi connectivity index (χ3n) is 3.36. The fraction of sp³-hybridized carbons (Fsp3) is 0.412. The van der Waals surface area contributed by atoms with Crippen molar-refractivity contribution in [3.05, 3.63) is 40.7 Å². The number of hydrogen-bond acceptors (Lipinski definition) is 1. The Morgan fingerprint density at radius 1 is 1.00 bits per heavy atom. The maximum absolute atomic E-state index is 13.9. The molecule has 0 aliphatic heterocycles. The Labute approximate surface area is 124 Å². The van der Waals surface area contributed by atoms with Gasteiger partial charge in [-0.3, -0.25) is 0 Å². The summed E-state index contributed by atoms with van der Waals surface area (Å²) in [6.45, 7) is 9.54. The number of nitrogen functional groups attached to an aromatic ring is 1. The summed E-state index contributed by atoms with van der Waals surface area (Å²) in [5, 5.41) is 0.502. The molecule has 0 aromatic heterocycles. The Morgan fingerprint density at radius 3 is 2.05 bits per heavy atom. The Hall–Kier alpha value is -1.71. The van der Waals surface area contributed by atoms with Gasteiger partial charge in [-0.15, -0.1) is 0 Å². The third kappa shape index (κ3) is 2.99. The van der Waals surface area contributed by atoms with Gasteiger partial charge in [0, 0.05) is 11.1 Å². The Morgan fingerprint density at radius 2 is 1.57 bits per heavy atom. The molecule has 0 amide bonds. The zero-order valence-corrected chi connectivity index (χ0v) is 13.2. The van der Waals surface area contributed by atoms with Crippen LogP contribution in [0, 0.1) is 17.5 Å². The van der Waals surface area contributed by atoms with Crippen molar-refractivity contribution in [1.29, 1.82) is 0 Å². The molecule has 4 heteroatoms. The van der Waals surface area contributed by atoms with Gasteiger partial charge in [0.2, 0.25) is 0 Å². The SMILES string of the molecule is CC.CCc1c(F)c(F)c(F)c2cc(N)cc(C(C)C)c12. The summed E-state index contributed by atoms with van der Waals surface area (Å²) in [5.41, 5.74) is 7.02. The van der Waals surface area contributed by atoms with Crippen LogP contribution in [0.25, 0.3) is 10.8 Å². The zero-order valence-electron chi connectivity index (χ0n) is 13.2. The van der Waals surface area contributed by atoms with E-state index < -0.39 is 17.5 Å². The van der Waals surface area contributed by atoms with E-state index in [9.17, 15) is 13.2 Å². The third-order valence-corrected chi connectivity index (χ3v) is 3.36. The lowest BCUT2D eigenvalue weighted by Gasteiger charge is -2.16. The summed E-state index contributed by atoms with van der Waals surface area (Å²) in [5.74, 6) is -3.65. The summed E-state index contributed by atoms with van der Waals surface area (Å²) in [7, 11) is 0. The van der Waals surface area contributed by atoms with Crippen molar-refractivity contribution in [3.63, 3.8) is 0 Å². The summed E-state index contributed by atoms with van der Waals surface area (Å²) >= 11 is 0. The van der Waals surface area contributed by atoms with Crippen molar-refractivity contribution >= 4 is 16.5 Å². The topological polar surface area (TPSA) is 26.0 Å². The van der Waals surface area contributed by atoms with Gasteiger partial charge < -0.3 is 5.73 Å². The molecule has 0 atom stereocenters. The molecular formula is C17H22F3N. The fourth-order valence-electron chi connectivity index (χ4n) is 2.44. The van der Waals surface area contributed by atoms with Gasteiger partial charge in [0.15, 0.2) is 17.5 Å². The molecule has 0 heterocycles. The highest BCUT2D eigenvalue weighted by Gasteiger charge is 2.22. The van der Waals surface area contributed by atoms with Crippen LogP contribution >= 0.6 is 0 Å². The number of anilines is 1. The van der Waals surface area contributed by atoms with Gasteiger partial charge in [-0.05, 0) is 41.0 Å². The summed E-state index contributed by atoms with van der Waals surface area (Å²) in [4.78, 5) is 0. The molecule has 0 aliphatic carbocycles. The van der Waals surface area contributed by atoms with E-state index in [0.29, 0.717) is 17.5 Å². The van der Waals surface area contributed by atoms with Crippen molar-refractivity contribution in [1.82, 2.24) is 0 Å². The second-order valence-corrected chi connectivity index (χ2v) is 4.96.